The molecule has 0 spiro atoms. The van der Waals surface area contributed by atoms with Gasteiger partial charge in [-0.05, 0) is 44.4 Å². The quantitative estimate of drug-likeness (QED) is 0.726. The van der Waals surface area contributed by atoms with E-state index in [0.717, 1.165) is 43.6 Å². The molecule has 32 heavy (non-hydrogen) atoms. The van der Waals surface area contributed by atoms with Crippen molar-refractivity contribution < 1.29 is 22.7 Å². The van der Waals surface area contributed by atoms with Gasteiger partial charge in [-0.15, -0.1) is 0 Å². The number of benzene rings is 1. The van der Waals surface area contributed by atoms with Crippen LogP contribution >= 0.6 is 0 Å². The summed E-state index contributed by atoms with van der Waals surface area (Å²) in [6.45, 7) is 5.43. The maximum absolute atomic E-state index is 12.7. The van der Waals surface area contributed by atoms with Crippen molar-refractivity contribution in [2.45, 2.75) is 45.5 Å². The minimum absolute atomic E-state index is 0.0748. The second-order valence-corrected chi connectivity index (χ2v) is 8.09. The fourth-order valence-corrected chi connectivity index (χ4v) is 3.71. The van der Waals surface area contributed by atoms with E-state index in [-0.39, 0.29) is 24.6 Å². The van der Waals surface area contributed by atoms with Crippen LogP contribution in [0.5, 0.6) is 6.01 Å². The first kappa shape index (κ1) is 23.8. The third-order valence-electron chi connectivity index (χ3n) is 5.82. The number of halogens is 3. The first-order valence-corrected chi connectivity index (χ1v) is 10.4. The maximum atomic E-state index is 12.7. The molecule has 0 aliphatic carbocycles. The lowest BCUT2D eigenvalue weighted by atomic mass is 10.0. The van der Waals surface area contributed by atoms with Gasteiger partial charge < -0.3 is 15.4 Å². The Hall–Kier alpha value is -2.88. The van der Waals surface area contributed by atoms with Crippen molar-refractivity contribution in [2.75, 3.05) is 32.5 Å². The minimum Gasteiger partial charge on any atom is -0.453 e. The zero-order valence-corrected chi connectivity index (χ0v) is 18.4. The van der Waals surface area contributed by atoms with Crippen LogP contribution in [0, 0.1) is 13.8 Å². The fourth-order valence-electron chi connectivity index (χ4n) is 3.71. The number of rotatable bonds is 6. The standard InChI is InChI=1S/C22H28F3N5O2/c1-14-20(26)15(2)28-21(27-14)32-13-19(31)29(3)18-8-10-30(11-9-18)12-16-4-6-17(7-5-16)22(23,24)25/h4-7,18H,8-13,26H2,1-3H3. The molecule has 0 unspecified atom stereocenters. The average Bonchev–Trinajstić information content (AvgIpc) is 2.75. The van der Waals surface area contributed by atoms with Gasteiger partial charge in [0, 0.05) is 32.7 Å². The Morgan fingerprint density at radius 3 is 2.25 bits per heavy atom. The first-order chi connectivity index (χ1) is 15.0. The van der Waals surface area contributed by atoms with Gasteiger partial charge in [0.15, 0.2) is 6.61 Å². The maximum Gasteiger partial charge on any atom is 0.416 e. The molecule has 2 aromatic rings. The number of carbonyl (C=O) groups excluding carboxylic acids is 1. The second-order valence-electron chi connectivity index (χ2n) is 8.09. The molecule has 1 fully saturated rings. The molecule has 10 heteroatoms. The highest BCUT2D eigenvalue weighted by Crippen LogP contribution is 2.29. The predicted molar refractivity (Wildman–Crippen MR) is 114 cm³/mol. The molecule has 3 rings (SSSR count). The van der Waals surface area contributed by atoms with Gasteiger partial charge in [0.05, 0.1) is 22.6 Å². The van der Waals surface area contributed by atoms with E-state index in [1.165, 1.54) is 12.1 Å². The Balaban J connectivity index is 1.46. The van der Waals surface area contributed by atoms with Crippen molar-refractivity contribution >= 4 is 11.6 Å². The Kier molecular flexibility index (Phi) is 7.22. The Morgan fingerprint density at radius 2 is 1.72 bits per heavy atom. The SMILES string of the molecule is Cc1nc(OCC(=O)N(C)C2CCN(Cc3ccc(C(F)(F)F)cc3)CC2)nc(C)c1N. The van der Waals surface area contributed by atoms with Gasteiger partial charge in [-0.2, -0.15) is 23.1 Å². The van der Waals surface area contributed by atoms with Crippen LogP contribution in [0.25, 0.3) is 0 Å². The summed E-state index contributed by atoms with van der Waals surface area (Å²) < 4.78 is 43.6. The third-order valence-corrected chi connectivity index (χ3v) is 5.82. The molecule has 0 saturated carbocycles. The van der Waals surface area contributed by atoms with Gasteiger partial charge in [0.1, 0.15) is 0 Å². The monoisotopic (exact) mass is 451 g/mol. The summed E-state index contributed by atoms with van der Waals surface area (Å²) in [7, 11) is 1.75. The molecule has 1 saturated heterocycles. The number of likely N-dealkylation sites (N-methyl/N-ethyl adjacent to an activating group) is 1. The molecular weight excluding hydrogens is 423 g/mol. The minimum atomic E-state index is -4.32. The van der Waals surface area contributed by atoms with Crippen LogP contribution in [-0.2, 0) is 17.5 Å². The number of amides is 1. The van der Waals surface area contributed by atoms with E-state index in [2.05, 4.69) is 14.9 Å². The van der Waals surface area contributed by atoms with Crippen LogP contribution in [0.3, 0.4) is 0 Å². The summed E-state index contributed by atoms with van der Waals surface area (Å²) in [6.07, 6.45) is -2.77. The molecule has 2 heterocycles. The number of nitrogens with two attached hydrogens (primary N) is 1. The number of alkyl halides is 3. The lowest BCUT2D eigenvalue weighted by molar-refractivity contribution is -0.137. The molecule has 1 amide bonds. The summed E-state index contributed by atoms with van der Waals surface area (Å²) in [5.41, 5.74) is 7.74. The van der Waals surface area contributed by atoms with Crippen LogP contribution in [0.15, 0.2) is 24.3 Å². The number of anilines is 1. The number of hydrogen-bond donors (Lipinski definition) is 1. The Bertz CT molecular complexity index is 919. The van der Waals surface area contributed by atoms with E-state index < -0.39 is 11.7 Å². The Morgan fingerprint density at radius 1 is 1.16 bits per heavy atom. The highest BCUT2D eigenvalue weighted by molar-refractivity contribution is 5.77. The largest absolute Gasteiger partial charge is 0.453 e. The highest BCUT2D eigenvalue weighted by Gasteiger charge is 2.30. The van der Waals surface area contributed by atoms with Crippen LogP contribution < -0.4 is 10.5 Å². The molecule has 1 aliphatic rings. The van der Waals surface area contributed by atoms with E-state index in [1.807, 2.05) is 0 Å². The summed E-state index contributed by atoms with van der Waals surface area (Å²) in [5, 5.41) is 0. The second kappa shape index (κ2) is 9.72. The molecular formula is C22H28F3N5O2. The van der Waals surface area contributed by atoms with Gasteiger partial charge in [-0.3, -0.25) is 9.69 Å². The van der Waals surface area contributed by atoms with E-state index in [9.17, 15) is 18.0 Å². The number of nitrogens with zero attached hydrogens (tertiary/aromatic N) is 4. The summed E-state index contributed by atoms with van der Waals surface area (Å²) in [6, 6.07) is 5.47. The van der Waals surface area contributed by atoms with Crippen LogP contribution in [0.4, 0.5) is 18.9 Å². The lowest BCUT2D eigenvalue weighted by Crippen LogP contribution is -2.46. The lowest BCUT2D eigenvalue weighted by Gasteiger charge is -2.36. The Labute approximate surface area is 185 Å². The van der Waals surface area contributed by atoms with Crippen molar-refractivity contribution in [3.63, 3.8) is 0 Å². The molecule has 0 bridgehead atoms. The molecule has 0 radical (unpaired) electrons. The van der Waals surface area contributed by atoms with Crippen molar-refractivity contribution in [3.8, 4) is 6.01 Å². The number of ether oxygens (including phenoxy) is 1. The van der Waals surface area contributed by atoms with Gasteiger partial charge in [0.25, 0.3) is 5.91 Å². The topological polar surface area (TPSA) is 84.6 Å². The van der Waals surface area contributed by atoms with Crippen molar-refractivity contribution in [1.82, 2.24) is 19.8 Å². The van der Waals surface area contributed by atoms with Gasteiger partial charge in [-0.1, -0.05) is 12.1 Å². The molecule has 1 aromatic heterocycles. The van der Waals surface area contributed by atoms with Gasteiger partial charge in [0.2, 0.25) is 0 Å². The fraction of sp³-hybridized carbons (Fsp3) is 0.500. The normalized spacial score (nSPS) is 15.6. The molecule has 1 aliphatic heterocycles. The highest BCUT2D eigenvalue weighted by atomic mass is 19.4. The molecule has 2 N–H and O–H groups in total. The molecule has 174 valence electrons. The van der Waals surface area contributed by atoms with E-state index in [4.69, 9.17) is 10.5 Å². The van der Waals surface area contributed by atoms with E-state index in [1.54, 1.807) is 25.8 Å². The number of aromatic nitrogens is 2. The summed E-state index contributed by atoms with van der Waals surface area (Å²) in [4.78, 5) is 24.7. The number of piperidine rings is 1. The van der Waals surface area contributed by atoms with Crippen molar-refractivity contribution in [1.29, 1.82) is 0 Å². The van der Waals surface area contributed by atoms with E-state index >= 15 is 0 Å². The van der Waals surface area contributed by atoms with Crippen molar-refractivity contribution in [3.05, 3.63) is 46.8 Å². The zero-order valence-electron chi connectivity index (χ0n) is 18.4. The first-order valence-electron chi connectivity index (χ1n) is 10.4. The van der Waals surface area contributed by atoms with Crippen LogP contribution in [-0.4, -0.2) is 58.5 Å². The number of nitrogen functional groups attached to an aromatic ring is 1. The summed E-state index contributed by atoms with van der Waals surface area (Å²) in [5.74, 6) is -0.165. The van der Waals surface area contributed by atoms with Gasteiger partial charge in [-0.25, -0.2) is 0 Å². The van der Waals surface area contributed by atoms with Crippen LogP contribution in [0.2, 0.25) is 0 Å². The summed E-state index contributed by atoms with van der Waals surface area (Å²) >= 11 is 0. The number of likely N-dealkylation sites (tertiary alicyclic amines) is 1. The van der Waals surface area contributed by atoms with Gasteiger partial charge >= 0.3 is 12.2 Å². The number of hydrogen-bond acceptors (Lipinski definition) is 6. The van der Waals surface area contributed by atoms with Crippen molar-refractivity contribution in [2.24, 2.45) is 0 Å². The van der Waals surface area contributed by atoms with E-state index in [0.29, 0.717) is 23.6 Å². The molecule has 1 aromatic carbocycles. The van der Waals surface area contributed by atoms with Crippen LogP contribution in [0.1, 0.15) is 35.4 Å². The number of carbonyl (C=O) groups is 1. The molecule has 0 atom stereocenters. The zero-order chi connectivity index (χ0) is 23.5. The average molecular weight is 451 g/mol. The number of aryl methyl sites for hydroxylation is 2. The smallest absolute Gasteiger partial charge is 0.416 e. The molecule has 7 nitrogen and oxygen atoms in total. The predicted octanol–water partition coefficient (Wildman–Crippen LogP) is 3.20. The third kappa shape index (κ3) is 5.87.